The summed E-state index contributed by atoms with van der Waals surface area (Å²) in [5, 5.41) is 4.39. The van der Waals surface area contributed by atoms with E-state index < -0.39 is 0 Å². The fourth-order valence-corrected chi connectivity index (χ4v) is 3.56. The molecule has 0 fully saturated rings. The number of hydrogen-bond donors (Lipinski definition) is 2. The lowest BCUT2D eigenvalue weighted by atomic mass is 9.91. The molecule has 4 rings (SSSR count). The standard InChI is InChI=1S/C20H19FN2O/c21-14-7-5-13(6-8-14)11-20(24)22-15-9-10-19-17(12-15)16-3-1-2-4-18(16)23-19/h1-8,15,23H,9-12H2,(H,22,24). The largest absolute Gasteiger partial charge is 0.358 e. The predicted octanol–water partition coefficient (Wildman–Crippen LogP) is 3.52. The van der Waals surface area contributed by atoms with E-state index in [1.807, 2.05) is 12.1 Å². The Morgan fingerprint density at radius 3 is 2.79 bits per heavy atom. The van der Waals surface area contributed by atoms with Crippen LogP contribution < -0.4 is 5.32 Å². The Bertz CT molecular complexity index is 882. The van der Waals surface area contributed by atoms with Crippen LogP contribution in [0.5, 0.6) is 0 Å². The zero-order valence-electron chi connectivity index (χ0n) is 13.3. The molecule has 1 aromatic heterocycles. The number of carbonyl (C=O) groups excluding carboxylic acids is 1. The van der Waals surface area contributed by atoms with E-state index in [2.05, 4.69) is 22.4 Å². The summed E-state index contributed by atoms with van der Waals surface area (Å²) in [5.74, 6) is -0.284. The fraction of sp³-hybridized carbons (Fsp3) is 0.250. The maximum absolute atomic E-state index is 12.9. The van der Waals surface area contributed by atoms with E-state index in [-0.39, 0.29) is 24.2 Å². The third kappa shape index (κ3) is 2.92. The Labute approximate surface area is 139 Å². The number of carbonyl (C=O) groups is 1. The van der Waals surface area contributed by atoms with Crippen molar-refractivity contribution in [2.75, 3.05) is 0 Å². The zero-order valence-corrected chi connectivity index (χ0v) is 13.3. The second-order valence-electron chi connectivity index (χ2n) is 6.44. The molecule has 3 aromatic rings. The van der Waals surface area contributed by atoms with Gasteiger partial charge in [0.1, 0.15) is 5.82 Å². The molecular weight excluding hydrogens is 303 g/mol. The third-order valence-corrected chi connectivity index (χ3v) is 4.74. The van der Waals surface area contributed by atoms with Crippen LogP contribution in [0.1, 0.15) is 23.2 Å². The van der Waals surface area contributed by atoms with Crippen molar-refractivity contribution in [1.82, 2.24) is 10.3 Å². The van der Waals surface area contributed by atoms with Crippen molar-refractivity contribution in [3.8, 4) is 0 Å². The summed E-state index contributed by atoms with van der Waals surface area (Å²) >= 11 is 0. The highest BCUT2D eigenvalue weighted by Gasteiger charge is 2.23. The van der Waals surface area contributed by atoms with Gasteiger partial charge in [0.05, 0.1) is 6.42 Å². The summed E-state index contributed by atoms with van der Waals surface area (Å²) in [7, 11) is 0. The zero-order chi connectivity index (χ0) is 16.5. The van der Waals surface area contributed by atoms with Crippen molar-refractivity contribution < 1.29 is 9.18 Å². The van der Waals surface area contributed by atoms with Gasteiger partial charge in [-0.2, -0.15) is 0 Å². The first-order valence-corrected chi connectivity index (χ1v) is 8.31. The Morgan fingerprint density at radius 2 is 1.96 bits per heavy atom. The van der Waals surface area contributed by atoms with Gasteiger partial charge < -0.3 is 10.3 Å². The van der Waals surface area contributed by atoms with Crippen LogP contribution in [-0.2, 0) is 24.1 Å². The highest BCUT2D eigenvalue weighted by Crippen LogP contribution is 2.29. The number of nitrogens with one attached hydrogen (secondary N) is 2. The smallest absolute Gasteiger partial charge is 0.224 e. The van der Waals surface area contributed by atoms with Gasteiger partial charge in [0.25, 0.3) is 0 Å². The van der Waals surface area contributed by atoms with E-state index in [1.54, 1.807) is 12.1 Å². The molecule has 122 valence electrons. The van der Waals surface area contributed by atoms with Crippen LogP contribution in [0.15, 0.2) is 48.5 Å². The average Bonchev–Trinajstić information content (AvgIpc) is 2.95. The lowest BCUT2D eigenvalue weighted by Crippen LogP contribution is -2.39. The van der Waals surface area contributed by atoms with Gasteiger partial charge in [-0.1, -0.05) is 30.3 Å². The number of fused-ring (bicyclic) bond motifs is 3. The van der Waals surface area contributed by atoms with Crippen molar-refractivity contribution in [2.45, 2.75) is 31.7 Å². The van der Waals surface area contributed by atoms with Crippen LogP contribution >= 0.6 is 0 Å². The van der Waals surface area contributed by atoms with Crippen LogP contribution in [0.2, 0.25) is 0 Å². The van der Waals surface area contributed by atoms with E-state index in [0.29, 0.717) is 0 Å². The molecule has 2 N–H and O–H groups in total. The van der Waals surface area contributed by atoms with Crippen LogP contribution in [0.4, 0.5) is 4.39 Å². The molecule has 0 radical (unpaired) electrons. The molecule has 1 amide bonds. The number of amides is 1. The second kappa shape index (κ2) is 6.11. The summed E-state index contributed by atoms with van der Waals surface area (Å²) in [6.07, 6.45) is 3.03. The third-order valence-electron chi connectivity index (χ3n) is 4.74. The molecule has 1 heterocycles. The van der Waals surface area contributed by atoms with Crippen molar-refractivity contribution in [1.29, 1.82) is 0 Å². The van der Waals surface area contributed by atoms with Gasteiger partial charge in [0.15, 0.2) is 0 Å². The maximum atomic E-state index is 12.9. The molecule has 1 unspecified atom stereocenters. The first-order valence-electron chi connectivity index (χ1n) is 8.31. The summed E-state index contributed by atoms with van der Waals surface area (Å²) in [4.78, 5) is 15.8. The fourth-order valence-electron chi connectivity index (χ4n) is 3.56. The number of para-hydroxylation sites is 1. The first-order chi connectivity index (χ1) is 11.7. The minimum absolute atomic E-state index is 0.00472. The summed E-state index contributed by atoms with van der Waals surface area (Å²) in [6, 6.07) is 14.6. The highest BCUT2D eigenvalue weighted by atomic mass is 19.1. The van der Waals surface area contributed by atoms with E-state index in [0.717, 1.165) is 24.8 Å². The van der Waals surface area contributed by atoms with Crippen LogP contribution in [0, 0.1) is 5.82 Å². The molecule has 0 spiro atoms. The number of benzene rings is 2. The molecule has 0 bridgehead atoms. The molecule has 4 heteroatoms. The van der Waals surface area contributed by atoms with E-state index in [4.69, 9.17) is 0 Å². The highest BCUT2D eigenvalue weighted by molar-refractivity contribution is 5.85. The van der Waals surface area contributed by atoms with Gasteiger partial charge in [-0.05, 0) is 48.6 Å². The van der Waals surface area contributed by atoms with Gasteiger partial charge >= 0.3 is 0 Å². The van der Waals surface area contributed by atoms with Gasteiger partial charge in [0, 0.05) is 22.6 Å². The maximum Gasteiger partial charge on any atom is 0.224 e. The molecule has 0 saturated heterocycles. The number of aromatic amines is 1. The predicted molar refractivity (Wildman–Crippen MR) is 92.4 cm³/mol. The second-order valence-corrected chi connectivity index (χ2v) is 6.44. The Balaban J connectivity index is 1.44. The number of rotatable bonds is 3. The Hall–Kier alpha value is -2.62. The quantitative estimate of drug-likeness (QED) is 0.761. The van der Waals surface area contributed by atoms with E-state index in [1.165, 1.54) is 34.3 Å². The van der Waals surface area contributed by atoms with E-state index >= 15 is 0 Å². The number of aromatic nitrogens is 1. The average molecular weight is 322 g/mol. The molecule has 3 nitrogen and oxygen atoms in total. The van der Waals surface area contributed by atoms with E-state index in [9.17, 15) is 9.18 Å². The molecule has 0 aliphatic heterocycles. The van der Waals surface area contributed by atoms with Crippen LogP contribution in [0.25, 0.3) is 10.9 Å². The van der Waals surface area contributed by atoms with Gasteiger partial charge in [-0.3, -0.25) is 4.79 Å². The summed E-state index contributed by atoms with van der Waals surface area (Å²) in [6.45, 7) is 0. The first kappa shape index (κ1) is 14.9. The topological polar surface area (TPSA) is 44.9 Å². The van der Waals surface area contributed by atoms with Crippen LogP contribution in [0.3, 0.4) is 0 Å². The molecule has 1 atom stereocenters. The molecule has 1 aliphatic carbocycles. The Morgan fingerprint density at radius 1 is 1.17 bits per heavy atom. The van der Waals surface area contributed by atoms with Gasteiger partial charge in [-0.25, -0.2) is 4.39 Å². The number of aryl methyl sites for hydroxylation is 1. The van der Waals surface area contributed by atoms with Crippen molar-refractivity contribution >= 4 is 16.8 Å². The molecule has 2 aromatic carbocycles. The van der Waals surface area contributed by atoms with Crippen molar-refractivity contribution in [3.05, 3.63) is 71.2 Å². The van der Waals surface area contributed by atoms with Crippen LogP contribution in [-0.4, -0.2) is 16.9 Å². The summed E-state index contributed by atoms with van der Waals surface area (Å²) in [5.41, 5.74) is 4.61. The lowest BCUT2D eigenvalue weighted by molar-refractivity contribution is -0.121. The molecule has 24 heavy (non-hydrogen) atoms. The Kier molecular flexibility index (Phi) is 3.81. The summed E-state index contributed by atoms with van der Waals surface area (Å²) < 4.78 is 12.9. The minimum atomic E-state index is -0.279. The number of H-pyrrole nitrogens is 1. The molecular formula is C20H19FN2O. The number of halogens is 1. The monoisotopic (exact) mass is 322 g/mol. The van der Waals surface area contributed by atoms with Crippen molar-refractivity contribution in [3.63, 3.8) is 0 Å². The minimum Gasteiger partial charge on any atom is -0.358 e. The molecule has 1 aliphatic rings. The van der Waals surface area contributed by atoms with Gasteiger partial charge in [-0.15, -0.1) is 0 Å². The molecule has 0 saturated carbocycles. The number of hydrogen-bond acceptors (Lipinski definition) is 1. The lowest BCUT2D eigenvalue weighted by Gasteiger charge is -2.23. The SMILES string of the molecule is O=C(Cc1ccc(F)cc1)NC1CCc2[nH]c3ccccc3c2C1. The normalized spacial score (nSPS) is 16.8. The van der Waals surface area contributed by atoms with Crippen molar-refractivity contribution in [2.24, 2.45) is 0 Å². The van der Waals surface area contributed by atoms with Gasteiger partial charge in [0.2, 0.25) is 5.91 Å².